The van der Waals surface area contributed by atoms with Gasteiger partial charge in [0.05, 0.1) is 12.3 Å². The molecule has 2 rings (SSSR count). The first-order valence-electron chi connectivity index (χ1n) is 6.36. The second kappa shape index (κ2) is 5.70. The summed E-state index contributed by atoms with van der Waals surface area (Å²) in [6.07, 6.45) is 3.17. The van der Waals surface area contributed by atoms with Gasteiger partial charge in [0.1, 0.15) is 5.69 Å². The zero-order chi connectivity index (χ0) is 15.6. The Hall–Kier alpha value is -2.77. The predicted octanol–water partition coefficient (Wildman–Crippen LogP) is 0.770. The van der Waals surface area contributed by atoms with E-state index in [4.69, 9.17) is 10.5 Å². The number of carbonyl (C=O) groups is 2. The monoisotopic (exact) mass is 291 g/mol. The van der Waals surface area contributed by atoms with E-state index >= 15 is 0 Å². The van der Waals surface area contributed by atoms with Crippen molar-refractivity contribution in [3.05, 3.63) is 30.0 Å². The van der Waals surface area contributed by atoms with E-state index in [0.29, 0.717) is 11.4 Å². The first-order chi connectivity index (χ1) is 9.92. The lowest BCUT2D eigenvalue weighted by Gasteiger charge is -2.02. The summed E-state index contributed by atoms with van der Waals surface area (Å²) in [7, 11) is 3.36. The number of anilines is 2. The number of nitrogens with two attached hydrogens (primary N) is 1. The number of nitrogens with zero attached hydrogens (tertiary/aromatic N) is 3. The number of nitrogens with one attached hydrogen (secondary N) is 1. The quantitative estimate of drug-likeness (QED) is 0.810. The number of nitrogen functional groups attached to an aromatic ring is 1. The van der Waals surface area contributed by atoms with Crippen LogP contribution in [0.3, 0.4) is 0 Å². The maximum Gasteiger partial charge on any atom is 0.374 e. The molecule has 0 aromatic carbocycles. The summed E-state index contributed by atoms with van der Waals surface area (Å²) in [6, 6.07) is 1.56. The van der Waals surface area contributed by atoms with Crippen LogP contribution in [0.1, 0.15) is 28.0 Å². The predicted molar refractivity (Wildman–Crippen MR) is 76.9 cm³/mol. The highest BCUT2D eigenvalue weighted by atomic mass is 16.5. The van der Waals surface area contributed by atoms with Crippen LogP contribution in [0.5, 0.6) is 0 Å². The molecule has 2 aromatic rings. The van der Waals surface area contributed by atoms with E-state index in [9.17, 15) is 9.59 Å². The minimum atomic E-state index is -0.538. The Labute approximate surface area is 121 Å². The Kier molecular flexibility index (Phi) is 3.97. The minimum Gasteiger partial charge on any atom is -0.460 e. The van der Waals surface area contributed by atoms with Gasteiger partial charge in [-0.2, -0.15) is 0 Å². The standard InChI is InChI=1S/C13H17N5O3/c1-4-21-13(20)11-15-10(7-18(11)3)16-12(19)9-5-8(14)6-17(9)2/h5-7H,4,14H2,1-3H3,(H,16,19). The third-order valence-electron chi connectivity index (χ3n) is 2.83. The van der Waals surface area contributed by atoms with Crippen molar-refractivity contribution in [1.29, 1.82) is 0 Å². The van der Waals surface area contributed by atoms with Gasteiger partial charge in [0, 0.05) is 26.5 Å². The molecule has 0 unspecified atom stereocenters. The summed E-state index contributed by atoms with van der Waals surface area (Å²) in [5.41, 5.74) is 6.53. The highest BCUT2D eigenvalue weighted by molar-refractivity contribution is 6.03. The molecular formula is C13H17N5O3. The molecular weight excluding hydrogens is 274 g/mol. The summed E-state index contributed by atoms with van der Waals surface area (Å²) in [5, 5.41) is 2.62. The Morgan fingerprint density at radius 2 is 2.05 bits per heavy atom. The minimum absolute atomic E-state index is 0.124. The van der Waals surface area contributed by atoms with Crippen molar-refractivity contribution < 1.29 is 14.3 Å². The number of esters is 1. The molecule has 2 heterocycles. The van der Waals surface area contributed by atoms with Crippen LogP contribution in [-0.2, 0) is 18.8 Å². The largest absolute Gasteiger partial charge is 0.460 e. The fourth-order valence-corrected chi connectivity index (χ4v) is 1.91. The average molecular weight is 291 g/mol. The maximum atomic E-state index is 12.1. The smallest absolute Gasteiger partial charge is 0.374 e. The van der Waals surface area contributed by atoms with E-state index < -0.39 is 5.97 Å². The lowest BCUT2D eigenvalue weighted by atomic mass is 10.4. The molecule has 0 aliphatic heterocycles. The molecule has 0 saturated heterocycles. The van der Waals surface area contributed by atoms with E-state index in [2.05, 4.69) is 10.3 Å². The molecule has 8 nitrogen and oxygen atoms in total. The maximum absolute atomic E-state index is 12.1. The van der Waals surface area contributed by atoms with E-state index in [1.807, 2.05) is 0 Å². The average Bonchev–Trinajstić information content (AvgIpc) is 2.92. The van der Waals surface area contributed by atoms with E-state index in [1.165, 1.54) is 10.8 Å². The molecule has 3 N–H and O–H groups in total. The van der Waals surface area contributed by atoms with Crippen molar-refractivity contribution in [2.45, 2.75) is 6.92 Å². The van der Waals surface area contributed by atoms with Crippen molar-refractivity contribution >= 4 is 23.4 Å². The third kappa shape index (κ3) is 3.04. The summed E-state index contributed by atoms with van der Waals surface area (Å²) in [5.74, 6) is -0.504. The molecule has 112 valence electrons. The Bertz CT molecular complexity index is 686. The summed E-state index contributed by atoms with van der Waals surface area (Å²) >= 11 is 0. The van der Waals surface area contributed by atoms with E-state index in [0.717, 1.165) is 0 Å². The number of hydrogen-bond donors (Lipinski definition) is 2. The first kappa shape index (κ1) is 14.6. The molecule has 2 aromatic heterocycles. The van der Waals surface area contributed by atoms with Crippen LogP contribution < -0.4 is 11.1 Å². The lowest BCUT2D eigenvalue weighted by Crippen LogP contribution is -2.15. The van der Waals surface area contributed by atoms with Crippen LogP contribution in [0.15, 0.2) is 18.5 Å². The second-order valence-corrected chi connectivity index (χ2v) is 4.50. The van der Waals surface area contributed by atoms with Gasteiger partial charge in [0.2, 0.25) is 5.82 Å². The highest BCUT2D eigenvalue weighted by Crippen LogP contribution is 2.13. The Balaban J connectivity index is 2.17. The van der Waals surface area contributed by atoms with Gasteiger partial charge in [-0.3, -0.25) is 4.79 Å². The summed E-state index contributed by atoms with van der Waals surface area (Å²) in [4.78, 5) is 27.8. The normalized spacial score (nSPS) is 10.4. The zero-order valence-electron chi connectivity index (χ0n) is 12.1. The van der Waals surface area contributed by atoms with Crippen LogP contribution in [0.4, 0.5) is 11.5 Å². The second-order valence-electron chi connectivity index (χ2n) is 4.50. The van der Waals surface area contributed by atoms with Gasteiger partial charge in [-0.15, -0.1) is 0 Å². The molecule has 0 bridgehead atoms. The SMILES string of the molecule is CCOC(=O)c1nc(NC(=O)c2cc(N)cn2C)cn1C. The molecule has 0 radical (unpaired) electrons. The number of ether oxygens (including phenoxy) is 1. The number of aromatic nitrogens is 3. The van der Waals surface area contributed by atoms with Crippen molar-refractivity contribution in [3.63, 3.8) is 0 Å². The van der Waals surface area contributed by atoms with Crippen molar-refractivity contribution in [2.75, 3.05) is 17.7 Å². The highest BCUT2D eigenvalue weighted by Gasteiger charge is 2.17. The van der Waals surface area contributed by atoms with Crippen LogP contribution in [0.2, 0.25) is 0 Å². The molecule has 0 aliphatic rings. The van der Waals surface area contributed by atoms with Gasteiger partial charge < -0.3 is 24.9 Å². The lowest BCUT2D eigenvalue weighted by molar-refractivity contribution is 0.0508. The number of hydrogen-bond acceptors (Lipinski definition) is 5. The van der Waals surface area contributed by atoms with Gasteiger partial charge in [0.25, 0.3) is 5.91 Å². The molecule has 0 atom stereocenters. The Morgan fingerprint density at radius 1 is 1.33 bits per heavy atom. The zero-order valence-corrected chi connectivity index (χ0v) is 12.1. The molecule has 1 amide bonds. The number of rotatable bonds is 4. The van der Waals surface area contributed by atoms with Gasteiger partial charge in [-0.1, -0.05) is 0 Å². The number of carbonyl (C=O) groups excluding carboxylic acids is 2. The van der Waals surface area contributed by atoms with Crippen molar-refractivity contribution in [2.24, 2.45) is 14.1 Å². The molecule has 8 heteroatoms. The first-order valence-corrected chi connectivity index (χ1v) is 6.36. The molecule has 0 saturated carbocycles. The van der Waals surface area contributed by atoms with Crippen LogP contribution >= 0.6 is 0 Å². The fourth-order valence-electron chi connectivity index (χ4n) is 1.91. The summed E-state index contributed by atoms with van der Waals surface area (Å²) < 4.78 is 7.98. The molecule has 0 spiro atoms. The molecule has 21 heavy (non-hydrogen) atoms. The number of aryl methyl sites for hydroxylation is 2. The van der Waals surface area contributed by atoms with E-state index in [-0.39, 0.29) is 24.2 Å². The van der Waals surface area contributed by atoms with Gasteiger partial charge in [0.15, 0.2) is 5.82 Å². The van der Waals surface area contributed by atoms with Crippen LogP contribution in [-0.4, -0.2) is 32.6 Å². The molecule has 0 fully saturated rings. The fraction of sp³-hybridized carbons (Fsp3) is 0.308. The van der Waals surface area contributed by atoms with E-state index in [1.54, 1.807) is 37.8 Å². The van der Waals surface area contributed by atoms with Gasteiger partial charge >= 0.3 is 5.97 Å². The van der Waals surface area contributed by atoms with Crippen molar-refractivity contribution in [1.82, 2.24) is 14.1 Å². The van der Waals surface area contributed by atoms with Crippen LogP contribution in [0.25, 0.3) is 0 Å². The molecule has 0 aliphatic carbocycles. The number of imidazole rings is 1. The van der Waals surface area contributed by atoms with Gasteiger partial charge in [-0.25, -0.2) is 9.78 Å². The van der Waals surface area contributed by atoms with Gasteiger partial charge in [-0.05, 0) is 13.0 Å². The number of amides is 1. The third-order valence-corrected chi connectivity index (χ3v) is 2.83. The van der Waals surface area contributed by atoms with Crippen LogP contribution in [0, 0.1) is 0 Å². The van der Waals surface area contributed by atoms with Crippen molar-refractivity contribution in [3.8, 4) is 0 Å². The Morgan fingerprint density at radius 3 is 2.62 bits per heavy atom. The topological polar surface area (TPSA) is 104 Å². The summed E-state index contributed by atoms with van der Waals surface area (Å²) in [6.45, 7) is 1.97.